The number of rotatable bonds is 5. The Labute approximate surface area is 146 Å². The summed E-state index contributed by atoms with van der Waals surface area (Å²) in [5.74, 6) is -0.390. The first-order valence-corrected chi connectivity index (χ1v) is 8.38. The van der Waals surface area contributed by atoms with Gasteiger partial charge in [0.2, 0.25) is 5.82 Å². The molecule has 0 aliphatic rings. The lowest BCUT2D eigenvalue weighted by Crippen LogP contribution is -2.14. The van der Waals surface area contributed by atoms with Gasteiger partial charge in [0.1, 0.15) is 5.82 Å². The number of hydrogen-bond acceptors (Lipinski definition) is 8. The number of hydrogen-bond donors (Lipinski definition) is 1. The maximum Gasteiger partial charge on any atom is 0.446 e. The summed E-state index contributed by atoms with van der Waals surface area (Å²) in [6.07, 6.45) is 0. The molecule has 0 aliphatic carbocycles. The maximum absolute atomic E-state index is 13.4. The second-order valence-corrected chi connectivity index (χ2v) is 6.51. The summed E-state index contributed by atoms with van der Waals surface area (Å²) in [6, 6.07) is 4.20. The highest BCUT2D eigenvalue weighted by molar-refractivity contribution is 14.1. The highest BCUT2D eigenvalue weighted by Crippen LogP contribution is 2.28. The minimum Gasteiger partial charge on any atom is -0.330 e. The van der Waals surface area contributed by atoms with E-state index < -0.39 is 5.76 Å². The molecule has 0 spiro atoms. The summed E-state index contributed by atoms with van der Waals surface area (Å²) in [5, 5.41) is 11.7. The third-order valence-corrected chi connectivity index (χ3v) is 4.60. The molecule has 0 unspecified atom stereocenters. The van der Waals surface area contributed by atoms with E-state index in [9.17, 15) is 9.18 Å². The summed E-state index contributed by atoms with van der Waals surface area (Å²) in [4.78, 5) is 12.0. The molecule has 11 heteroatoms. The van der Waals surface area contributed by atoms with Crippen molar-refractivity contribution in [3.8, 4) is 17.2 Å². The molecule has 3 rings (SSSR count). The van der Waals surface area contributed by atoms with E-state index in [-0.39, 0.29) is 17.3 Å². The van der Waals surface area contributed by atoms with E-state index in [1.165, 1.54) is 34.5 Å². The quantitative estimate of drug-likeness (QED) is 0.463. The Bertz CT molecular complexity index is 893. The van der Waals surface area contributed by atoms with E-state index in [1.54, 1.807) is 0 Å². The van der Waals surface area contributed by atoms with Crippen molar-refractivity contribution < 1.29 is 13.5 Å². The highest BCUT2D eigenvalue weighted by Gasteiger charge is 2.23. The molecule has 3 aromatic rings. The zero-order valence-corrected chi connectivity index (χ0v) is 14.4. The van der Waals surface area contributed by atoms with Gasteiger partial charge in [-0.05, 0) is 51.1 Å². The van der Waals surface area contributed by atoms with Crippen LogP contribution in [0.25, 0.3) is 17.2 Å². The molecule has 0 fully saturated rings. The van der Waals surface area contributed by atoms with Gasteiger partial charge in [-0.2, -0.15) is 0 Å². The molecule has 23 heavy (non-hydrogen) atoms. The number of nitrogens with zero attached hydrogens (tertiary/aromatic N) is 4. The lowest BCUT2D eigenvalue weighted by atomic mass is 10.3. The van der Waals surface area contributed by atoms with Crippen LogP contribution in [0.4, 0.5) is 4.39 Å². The molecule has 2 heterocycles. The lowest BCUT2D eigenvalue weighted by molar-refractivity contribution is 0.299. The van der Waals surface area contributed by atoms with Gasteiger partial charge in [0.15, 0.2) is 10.7 Å². The van der Waals surface area contributed by atoms with Gasteiger partial charge < -0.3 is 5.73 Å². The van der Waals surface area contributed by atoms with Crippen molar-refractivity contribution >= 4 is 34.4 Å². The van der Waals surface area contributed by atoms with E-state index in [0.29, 0.717) is 26.6 Å². The van der Waals surface area contributed by atoms with Crippen LogP contribution >= 0.6 is 34.4 Å². The molecule has 0 amide bonds. The van der Waals surface area contributed by atoms with E-state index >= 15 is 0 Å². The van der Waals surface area contributed by atoms with Crippen LogP contribution in [-0.2, 0) is 0 Å². The normalized spacial score (nSPS) is 11.1. The van der Waals surface area contributed by atoms with Crippen LogP contribution in [0.2, 0.25) is 0 Å². The predicted molar refractivity (Wildman–Crippen MR) is 87.8 cm³/mol. The molecule has 1 aromatic carbocycles. The molecular formula is C12H9FIN5O3S. The topological polar surface area (TPSA) is 113 Å². The van der Waals surface area contributed by atoms with Crippen molar-refractivity contribution in [1.29, 1.82) is 0 Å². The third-order valence-electron chi connectivity index (χ3n) is 2.79. The Hall–Kier alpha value is -1.73. The zero-order chi connectivity index (χ0) is 16.4. The molecular weight excluding hydrogens is 440 g/mol. The van der Waals surface area contributed by atoms with Crippen molar-refractivity contribution in [2.45, 2.75) is 5.03 Å². The minimum atomic E-state index is -0.722. The highest BCUT2D eigenvalue weighted by atomic mass is 127. The van der Waals surface area contributed by atoms with Gasteiger partial charge in [0, 0.05) is 12.3 Å². The SMILES string of the molecule is NCCSc1nonc1-c1noc(=O)n1-c1ccc(F)c(I)c1. The molecule has 2 aromatic heterocycles. The first kappa shape index (κ1) is 16.1. The van der Waals surface area contributed by atoms with E-state index in [0.717, 1.165) is 0 Å². The summed E-state index contributed by atoms with van der Waals surface area (Å²) < 4.78 is 24.4. The minimum absolute atomic E-state index is 0.123. The largest absolute Gasteiger partial charge is 0.446 e. The van der Waals surface area contributed by atoms with Crippen molar-refractivity contribution in [1.82, 2.24) is 20.0 Å². The van der Waals surface area contributed by atoms with Gasteiger partial charge in [-0.25, -0.2) is 18.4 Å². The zero-order valence-electron chi connectivity index (χ0n) is 11.4. The molecule has 8 nitrogen and oxygen atoms in total. The van der Waals surface area contributed by atoms with Crippen LogP contribution in [0, 0.1) is 9.39 Å². The maximum atomic E-state index is 13.4. The molecule has 0 saturated carbocycles. The molecule has 120 valence electrons. The van der Waals surface area contributed by atoms with E-state index in [1.807, 2.05) is 22.6 Å². The number of nitrogens with two attached hydrogens (primary N) is 1. The van der Waals surface area contributed by atoms with Gasteiger partial charge in [-0.1, -0.05) is 16.9 Å². The fourth-order valence-corrected chi connectivity index (χ4v) is 2.98. The van der Waals surface area contributed by atoms with Gasteiger partial charge in [0.25, 0.3) is 0 Å². The Kier molecular flexibility index (Phi) is 4.77. The summed E-state index contributed by atoms with van der Waals surface area (Å²) in [6.45, 7) is 0.443. The van der Waals surface area contributed by atoms with Gasteiger partial charge in [-0.15, -0.1) is 0 Å². The fourth-order valence-electron chi connectivity index (χ4n) is 1.82. The molecule has 2 N–H and O–H groups in total. The van der Waals surface area contributed by atoms with E-state index in [2.05, 4.69) is 15.5 Å². The van der Waals surface area contributed by atoms with E-state index in [4.69, 9.17) is 14.9 Å². The molecule has 0 atom stereocenters. The van der Waals surface area contributed by atoms with Gasteiger partial charge >= 0.3 is 5.76 Å². The first-order valence-electron chi connectivity index (χ1n) is 6.31. The second-order valence-electron chi connectivity index (χ2n) is 4.26. The summed E-state index contributed by atoms with van der Waals surface area (Å²) in [5.41, 5.74) is 6.12. The van der Waals surface area contributed by atoms with Crippen molar-refractivity contribution in [3.05, 3.63) is 38.1 Å². The Morgan fingerprint density at radius 1 is 1.35 bits per heavy atom. The predicted octanol–water partition coefficient (Wildman–Crippen LogP) is 1.67. The molecule has 0 aliphatic heterocycles. The summed E-state index contributed by atoms with van der Waals surface area (Å²) >= 11 is 3.15. The standard InChI is InChI=1S/C12H9FIN5O3S/c13-7-2-1-6(5-8(7)14)19-10(17-21-12(19)20)9-11(18-22-16-9)23-4-3-15/h1-2,5H,3-4,15H2. The van der Waals surface area contributed by atoms with Crippen LogP contribution in [0.3, 0.4) is 0 Å². The number of benzene rings is 1. The smallest absolute Gasteiger partial charge is 0.330 e. The molecule has 0 radical (unpaired) electrons. The van der Waals surface area contributed by atoms with Gasteiger partial charge in [-0.3, -0.25) is 4.52 Å². The van der Waals surface area contributed by atoms with Crippen molar-refractivity contribution in [2.24, 2.45) is 5.73 Å². The third kappa shape index (κ3) is 3.16. The van der Waals surface area contributed by atoms with Crippen LogP contribution < -0.4 is 11.5 Å². The Balaban J connectivity index is 2.11. The van der Waals surface area contributed by atoms with Crippen molar-refractivity contribution in [3.63, 3.8) is 0 Å². The summed E-state index contributed by atoms with van der Waals surface area (Å²) in [7, 11) is 0. The lowest BCUT2D eigenvalue weighted by Gasteiger charge is -2.04. The molecule has 0 saturated heterocycles. The van der Waals surface area contributed by atoms with Crippen LogP contribution in [0.5, 0.6) is 0 Å². The fraction of sp³-hybridized carbons (Fsp3) is 0.167. The van der Waals surface area contributed by atoms with Crippen LogP contribution in [0.1, 0.15) is 0 Å². The Morgan fingerprint density at radius 2 is 2.17 bits per heavy atom. The first-order chi connectivity index (χ1) is 11.1. The monoisotopic (exact) mass is 449 g/mol. The average molecular weight is 449 g/mol. The Morgan fingerprint density at radius 3 is 2.91 bits per heavy atom. The average Bonchev–Trinajstić information content (AvgIpc) is 3.14. The van der Waals surface area contributed by atoms with Crippen LogP contribution in [-0.4, -0.2) is 32.3 Å². The number of aromatic nitrogens is 4. The van der Waals surface area contributed by atoms with Gasteiger partial charge in [0.05, 0.1) is 9.26 Å². The number of thioether (sulfide) groups is 1. The van der Waals surface area contributed by atoms with Crippen molar-refractivity contribution in [2.75, 3.05) is 12.3 Å². The van der Waals surface area contributed by atoms with Crippen LogP contribution in [0.15, 0.2) is 37.2 Å². The molecule has 0 bridgehead atoms. The number of halogens is 2. The second kappa shape index (κ2) is 6.80.